The number of aromatic nitrogens is 1. The molecule has 2 aromatic carbocycles. The molecule has 22 heavy (non-hydrogen) atoms. The summed E-state index contributed by atoms with van der Waals surface area (Å²) in [7, 11) is 0. The monoisotopic (exact) mass is 294 g/mol. The zero-order chi connectivity index (χ0) is 15.5. The standard InChI is InChI=1S/C18H18N2O2/c1-3-13-6-9-17-16(10-13)20-18(22-17)11-14-4-7-15(8-5-14)19-12(2)21/h4-10H,3,11H2,1-2H3,(H,19,21). The van der Waals surface area contributed by atoms with Gasteiger partial charge in [-0.1, -0.05) is 25.1 Å². The third-order valence-electron chi connectivity index (χ3n) is 3.53. The molecule has 1 aromatic heterocycles. The first-order chi connectivity index (χ1) is 10.6. The summed E-state index contributed by atoms with van der Waals surface area (Å²) in [6.45, 7) is 3.62. The highest BCUT2D eigenvalue weighted by Crippen LogP contribution is 2.20. The van der Waals surface area contributed by atoms with E-state index >= 15 is 0 Å². The van der Waals surface area contributed by atoms with Crippen molar-refractivity contribution in [2.45, 2.75) is 26.7 Å². The fourth-order valence-electron chi connectivity index (χ4n) is 2.40. The van der Waals surface area contributed by atoms with E-state index in [-0.39, 0.29) is 5.91 Å². The summed E-state index contributed by atoms with van der Waals surface area (Å²) in [6.07, 6.45) is 1.62. The molecule has 0 spiro atoms. The van der Waals surface area contributed by atoms with E-state index in [1.165, 1.54) is 12.5 Å². The predicted octanol–water partition coefficient (Wildman–Crippen LogP) is 3.94. The Labute approximate surface area is 129 Å². The highest BCUT2D eigenvalue weighted by atomic mass is 16.3. The van der Waals surface area contributed by atoms with Crippen LogP contribution in [0.15, 0.2) is 46.9 Å². The first-order valence-corrected chi connectivity index (χ1v) is 7.39. The molecule has 0 radical (unpaired) electrons. The number of carbonyl (C=O) groups is 1. The van der Waals surface area contributed by atoms with Crippen LogP contribution in [-0.2, 0) is 17.6 Å². The van der Waals surface area contributed by atoms with E-state index in [2.05, 4.69) is 29.4 Å². The number of rotatable bonds is 4. The molecular formula is C18H18N2O2. The molecular weight excluding hydrogens is 276 g/mol. The summed E-state index contributed by atoms with van der Waals surface area (Å²) >= 11 is 0. The van der Waals surface area contributed by atoms with E-state index < -0.39 is 0 Å². The van der Waals surface area contributed by atoms with Gasteiger partial charge in [0.25, 0.3) is 0 Å². The van der Waals surface area contributed by atoms with Crippen LogP contribution in [0.1, 0.15) is 30.9 Å². The van der Waals surface area contributed by atoms with E-state index in [1.54, 1.807) is 0 Å². The van der Waals surface area contributed by atoms with Gasteiger partial charge >= 0.3 is 0 Å². The van der Waals surface area contributed by atoms with Gasteiger partial charge in [0.1, 0.15) is 5.52 Å². The molecule has 0 atom stereocenters. The average Bonchev–Trinajstić information content (AvgIpc) is 2.89. The number of anilines is 1. The SMILES string of the molecule is CCc1ccc2oc(Cc3ccc(NC(C)=O)cc3)nc2c1. The lowest BCUT2D eigenvalue weighted by Gasteiger charge is -2.02. The van der Waals surface area contributed by atoms with Gasteiger partial charge in [-0.2, -0.15) is 0 Å². The number of nitrogens with zero attached hydrogens (tertiary/aromatic N) is 1. The molecule has 4 heteroatoms. The summed E-state index contributed by atoms with van der Waals surface area (Å²) < 4.78 is 5.79. The van der Waals surface area contributed by atoms with Crippen LogP contribution in [0.4, 0.5) is 5.69 Å². The second-order valence-electron chi connectivity index (χ2n) is 5.32. The zero-order valence-electron chi connectivity index (χ0n) is 12.7. The minimum Gasteiger partial charge on any atom is -0.440 e. The summed E-state index contributed by atoms with van der Waals surface area (Å²) in [5, 5.41) is 2.75. The Kier molecular flexibility index (Phi) is 3.92. The van der Waals surface area contributed by atoms with Crippen molar-refractivity contribution in [1.29, 1.82) is 0 Å². The summed E-state index contributed by atoms with van der Waals surface area (Å²) in [5.41, 5.74) is 4.87. The van der Waals surface area contributed by atoms with Crippen molar-refractivity contribution in [2.24, 2.45) is 0 Å². The Morgan fingerprint density at radius 3 is 2.55 bits per heavy atom. The van der Waals surface area contributed by atoms with Gasteiger partial charge in [-0.25, -0.2) is 4.98 Å². The number of nitrogens with one attached hydrogen (secondary N) is 1. The molecule has 3 rings (SSSR count). The van der Waals surface area contributed by atoms with Crippen LogP contribution < -0.4 is 5.32 Å². The van der Waals surface area contributed by atoms with E-state index in [9.17, 15) is 4.79 Å². The van der Waals surface area contributed by atoms with Gasteiger partial charge in [-0.05, 0) is 41.8 Å². The quantitative estimate of drug-likeness (QED) is 0.793. The van der Waals surface area contributed by atoms with Gasteiger partial charge in [0.05, 0.1) is 0 Å². The van der Waals surface area contributed by atoms with Crippen LogP contribution in [0.25, 0.3) is 11.1 Å². The lowest BCUT2D eigenvalue weighted by Crippen LogP contribution is -2.05. The van der Waals surface area contributed by atoms with Gasteiger partial charge in [0.2, 0.25) is 5.91 Å². The topological polar surface area (TPSA) is 55.1 Å². The predicted molar refractivity (Wildman–Crippen MR) is 86.9 cm³/mol. The third-order valence-corrected chi connectivity index (χ3v) is 3.53. The lowest BCUT2D eigenvalue weighted by molar-refractivity contribution is -0.114. The molecule has 0 fully saturated rings. The van der Waals surface area contributed by atoms with Crippen LogP contribution in [0.5, 0.6) is 0 Å². The van der Waals surface area contributed by atoms with Gasteiger partial charge in [-0.15, -0.1) is 0 Å². The Bertz CT molecular complexity index is 804. The van der Waals surface area contributed by atoms with Crippen molar-refractivity contribution >= 4 is 22.7 Å². The minimum absolute atomic E-state index is 0.0709. The van der Waals surface area contributed by atoms with Crippen molar-refractivity contribution in [1.82, 2.24) is 4.98 Å². The van der Waals surface area contributed by atoms with E-state index in [0.29, 0.717) is 12.3 Å². The number of aryl methyl sites for hydroxylation is 1. The van der Waals surface area contributed by atoms with Crippen molar-refractivity contribution in [3.63, 3.8) is 0 Å². The summed E-state index contributed by atoms with van der Waals surface area (Å²) in [4.78, 5) is 15.6. The number of hydrogen-bond donors (Lipinski definition) is 1. The molecule has 112 valence electrons. The smallest absolute Gasteiger partial charge is 0.221 e. The minimum atomic E-state index is -0.0709. The summed E-state index contributed by atoms with van der Waals surface area (Å²) in [6, 6.07) is 13.8. The molecule has 0 saturated carbocycles. The number of fused-ring (bicyclic) bond motifs is 1. The number of oxazole rings is 1. The maximum absolute atomic E-state index is 11.0. The Hall–Kier alpha value is -2.62. The van der Waals surface area contributed by atoms with Crippen LogP contribution in [0.2, 0.25) is 0 Å². The molecule has 0 aliphatic rings. The van der Waals surface area contributed by atoms with Gasteiger partial charge in [-0.3, -0.25) is 4.79 Å². The first-order valence-electron chi connectivity index (χ1n) is 7.39. The highest BCUT2D eigenvalue weighted by molar-refractivity contribution is 5.88. The molecule has 0 saturated heterocycles. The second kappa shape index (κ2) is 6.02. The van der Waals surface area contributed by atoms with E-state index in [0.717, 1.165) is 28.8 Å². The summed E-state index contributed by atoms with van der Waals surface area (Å²) in [5.74, 6) is 0.633. The van der Waals surface area contributed by atoms with Crippen molar-refractivity contribution in [3.05, 3.63) is 59.5 Å². The second-order valence-corrected chi connectivity index (χ2v) is 5.32. The molecule has 0 unspecified atom stereocenters. The molecule has 3 aromatic rings. The molecule has 1 N–H and O–H groups in total. The number of amides is 1. The molecule has 1 amide bonds. The molecule has 1 heterocycles. The molecule has 4 nitrogen and oxygen atoms in total. The third kappa shape index (κ3) is 3.17. The van der Waals surface area contributed by atoms with Crippen LogP contribution in [0, 0.1) is 0 Å². The van der Waals surface area contributed by atoms with E-state index in [1.807, 2.05) is 30.3 Å². The van der Waals surface area contributed by atoms with Crippen LogP contribution in [-0.4, -0.2) is 10.9 Å². The van der Waals surface area contributed by atoms with Crippen molar-refractivity contribution in [3.8, 4) is 0 Å². The average molecular weight is 294 g/mol. The number of carbonyl (C=O) groups excluding carboxylic acids is 1. The maximum atomic E-state index is 11.0. The normalized spacial score (nSPS) is 10.8. The van der Waals surface area contributed by atoms with Crippen LogP contribution in [0.3, 0.4) is 0 Å². The first kappa shape index (κ1) is 14.3. The zero-order valence-corrected chi connectivity index (χ0v) is 12.7. The number of hydrogen-bond acceptors (Lipinski definition) is 3. The molecule has 0 aliphatic heterocycles. The largest absolute Gasteiger partial charge is 0.440 e. The fraction of sp³-hybridized carbons (Fsp3) is 0.222. The van der Waals surface area contributed by atoms with Crippen LogP contribution >= 0.6 is 0 Å². The number of benzene rings is 2. The van der Waals surface area contributed by atoms with Crippen molar-refractivity contribution < 1.29 is 9.21 Å². The Balaban J connectivity index is 1.79. The van der Waals surface area contributed by atoms with Crippen molar-refractivity contribution in [2.75, 3.05) is 5.32 Å². The van der Waals surface area contributed by atoms with Gasteiger partial charge < -0.3 is 9.73 Å². The molecule has 0 bridgehead atoms. The molecule has 0 aliphatic carbocycles. The fourth-order valence-corrected chi connectivity index (χ4v) is 2.40. The van der Waals surface area contributed by atoms with E-state index in [4.69, 9.17) is 4.42 Å². The highest BCUT2D eigenvalue weighted by Gasteiger charge is 2.07. The lowest BCUT2D eigenvalue weighted by atomic mass is 10.1. The Morgan fingerprint density at radius 1 is 1.14 bits per heavy atom. The van der Waals surface area contributed by atoms with Gasteiger partial charge in [0.15, 0.2) is 11.5 Å². The maximum Gasteiger partial charge on any atom is 0.221 e. The Morgan fingerprint density at radius 2 is 1.86 bits per heavy atom. The van der Waals surface area contributed by atoms with Gasteiger partial charge in [0, 0.05) is 19.0 Å².